The lowest BCUT2D eigenvalue weighted by atomic mass is 9.98. The molecule has 6 rings (SSSR count). The van der Waals surface area contributed by atoms with E-state index in [1.165, 1.54) is 0 Å². The van der Waals surface area contributed by atoms with E-state index in [1.54, 1.807) is 26.9 Å². The van der Waals surface area contributed by atoms with E-state index in [0.717, 1.165) is 72.2 Å². The summed E-state index contributed by atoms with van der Waals surface area (Å²) in [5.41, 5.74) is 1.50. The van der Waals surface area contributed by atoms with E-state index >= 15 is 0 Å². The minimum Gasteiger partial charge on any atom is -0.494 e. The molecule has 4 atom stereocenters. The molecule has 0 aliphatic carbocycles. The van der Waals surface area contributed by atoms with Crippen LogP contribution in [0.1, 0.15) is 25.7 Å². The number of aliphatic hydroxyl groups is 2. The molecule has 2 aromatic carbocycles. The number of benzene rings is 2. The fraction of sp³-hybridized carbons (Fsp3) is 0.529. The monoisotopic (exact) mass is 712 g/mol. The standard InChI is InChI=1S/C34H45N6O9P/c1-44-27-11-3-9-25-31(27)35-21-37-33(25)39-13-5-7-23(15-39)19-46-29(17-41)48-50(43)49-30(18-42)47-20-24-8-6-14-40(16-24)34-26-10-4-12-28(45-2)32(26)36-22-38-34/h3-4,9-12,21-24,29-30,41-42,50H,5-8,13-20H2,1-2H3. The first-order valence-corrected chi connectivity index (χ1v) is 18.1. The van der Waals surface area contributed by atoms with Gasteiger partial charge in [-0.3, -0.25) is 13.6 Å². The Balaban J connectivity index is 0.972. The molecule has 270 valence electrons. The number of aliphatic hydroxyl groups excluding tert-OH is 2. The molecule has 4 unspecified atom stereocenters. The molecule has 4 heterocycles. The number of aromatic nitrogens is 4. The molecular weight excluding hydrogens is 667 g/mol. The molecule has 0 bridgehead atoms. The van der Waals surface area contributed by atoms with Crippen molar-refractivity contribution < 1.29 is 42.8 Å². The smallest absolute Gasteiger partial charge is 0.323 e. The van der Waals surface area contributed by atoms with Crippen LogP contribution >= 0.6 is 8.25 Å². The van der Waals surface area contributed by atoms with Crippen LogP contribution in [0.25, 0.3) is 21.8 Å². The minimum atomic E-state index is -3.18. The van der Waals surface area contributed by atoms with Crippen LogP contribution in [0.15, 0.2) is 49.1 Å². The Hall–Kier alpha value is -3.69. The number of rotatable bonds is 16. The van der Waals surface area contributed by atoms with Crippen LogP contribution < -0.4 is 19.3 Å². The van der Waals surface area contributed by atoms with Crippen LogP contribution in [-0.2, 0) is 23.1 Å². The van der Waals surface area contributed by atoms with Gasteiger partial charge in [-0.25, -0.2) is 19.9 Å². The molecule has 2 aliphatic rings. The van der Waals surface area contributed by atoms with Crippen LogP contribution in [0, 0.1) is 11.8 Å². The van der Waals surface area contributed by atoms with Gasteiger partial charge in [-0.05, 0) is 49.9 Å². The van der Waals surface area contributed by atoms with Crippen molar-refractivity contribution in [2.75, 3.05) is 76.6 Å². The number of fused-ring (bicyclic) bond motifs is 2. The Morgan fingerprint density at radius 2 is 1.20 bits per heavy atom. The van der Waals surface area contributed by atoms with Gasteiger partial charge in [-0.1, -0.05) is 12.1 Å². The molecule has 0 saturated carbocycles. The highest BCUT2D eigenvalue weighted by atomic mass is 31.1. The summed E-state index contributed by atoms with van der Waals surface area (Å²) in [5.74, 6) is 3.26. The normalized spacial score (nSPS) is 20.2. The number of ether oxygens (including phenoxy) is 4. The molecule has 16 heteroatoms. The molecule has 2 saturated heterocycles. The second-order valence-corrected chi connectivity index (χ2v) is 13.4. The first kappa shape index (κ1) is 36.1. The number of anilines is 2. The van der Waals surface area contributed by atoms with Crippen molar-refractivity contribution in [1.82, 2.24) is 19.9 Å². The molecule has 0 spiro atoms. The van der Waals surface area contributed by atoms with E-state index in [-0.39, 0.29) is 25.0 Å². The minimum absolute atomic E-state index is 0.117. The van der Waals surface area contributed by atoms with E-state index in [0.29, 0.717) is 24.6 Å². The van der Waals surface area contributed by atoms with Gasteiger partial charge in [-0.2, -0.15) is 0 Å². The van der Waals surface area contributed by atoms with E-state index in [2.05, 4.69) is 29.7 Å². The Labute approximate surface area is 291 Å². The molecule has 2 fully saturated rings. The predicted molar refractivity (Wildman–Crippen MR) is 187 cm³/mol. The van der Waals surface area contributed by atoms with E-state index in [1.807, 2.05) is 36.4 Å². The Morgan fingerprint density at radius 3 is 1.62 bits per heavy atom. The number of hydrogen-bond acceptors (Lipinski definition) is 15. The molecule has 15 nitrogen and oxygen atoms in total. The molecular formula is C34H45N6O9P. The molecule has 2 aliphatic heterocycles. The molecule has 0 amide bonds. The van der Waals surface area contributed by atoms with Crippen molar-refractivity contribution in [3.63, 3.8) is 0 Å². The summed E-state index contributed by atoms with van der Waals surface area (Å²) in [5, 5.41) is 21.6. The largest absolute Gasteiger partial charge is 0.494 e. The van der Waals surface area contributed by atoms with Gasteiger partial charge in [0.2, 0.25) is 0 Å². The summed E-state index contributed by atoms with van der Waals surface area (Å²) >= 11 is 0. The summed E-state index contributed by atoms with van der Waals surface area (Å²) < 4.78 is 46.3. The van der Waals surface area contributed by atoms with Crippen molar-refractivity contribution >= 4 is 41.7 Å². The Morgan fingerprint density at radius 1 is 0.740 bits per heavy atom. The summed E-state index contributed by atoms with van der Waals surface area (Å²) in [6.07, 6.45) is 4.43. The van der Waals surface area contributed by atoms with Gasteiger partial charge >= 0.3 is 8.25 Å². The number of para-hydroxylation sites is 2. The Bertz CT molecular complexity index is 1610. The molecule has 50 heavy (non-hydrogen) atoms. The third kappa shape index (κ3) is 8.60. The molecule has 0 radical (unpaired) electrons. The lowest BCUT2D eigenvalue weighted by molar-refractivity contribution is -0.144. The maximum atomic E-state index is 12.8. The summed E-state index contributed by atoms with van der Waals surface area (Å²) in [7, 11) is 0.0571. The summed E-state index contributed by atoms with van der Waals surface area (Å²) in [6.45, 7) is 2.52. The van der Waals surface area contributed by atoms with Crippen molar-refractivity contribution in [1.29, 1.82) is 0 Å². The maximum absolute atomic E-state index is 12.8. The van der Waals surface area contributed by atoms with Crippen LogP contribution in [0.2, 0.25) is 0 Å². The van der Waals surface area contributed by atoms with Gasteiger partial charge in [0.05, 0.1) is 40.6 Å². The fourth-order valence-corrected chi connectivity index (χ4v) is 7.46. The fourth-order valence-electron chi connectivity index (χ4n) is 6.69. The summed E-state index contributed by atoms with van der Waals surface area (Å²) in [4.78, 5) is 22.3. The van der Waals surface area contributed by atoms with Gasteiger partial charge in [0.1, 0.15) is 46.8 Å². The number of piperidine rings is 2. The predicted octanol–water partition coefficient (Wildman–Crippen LogP) is 3.82. The number of nitrogens with zero attached hydrogens (tertiary/aromatic N) is 6. The first-order chi connectivity index (χ1) is 24.5. The van der Waals surface area contributed by atoms with Gasteiger partial charge in [0.25, 0.3) is 0 Å². The van der Waals surface area contributed by atoms with Crippen LogP contribution in [0.4, 0.5) is 11.6 Å². The first-order valence-electron chi connectivity index (χ1n) is 16.9. The molecule has 4 aromatic rings. The highest BCUT2D eigenvalue weighted by Gasteiger charge is 2.27. The molecule has 2 N–H and O–H groups in total. The van der Waals surface area contributed by atoms with Crippen LogP contribution in [0.5, 0.6) is 11.5 Å². The van der Waals surface area contributed by atoms with Crippen LogP contribution in [-0.4, -0.2) is 110 Å². The van der Waals surface area contributed by atoms with E-state index in [9.17, 15) is 14.8 Å². The zero-order chi connectivity index (χ0) is 34.9. The Kier molecular flexibility index (Phi) is 12.6. The van der Waals surface area contributed by atoms with Crippen molar-refractivity contribution in [3.05, 3.63) is 49.1 Å². The average Bonchev–Trinajstić information content (AvgIpc) is 3.17. The van der Waals surface area contributed by atoms with E-state index < -0.39 is 34.0 Å². The van der Waals surface area contributed by atoms with Crippen molar-refractivity contribution in [2.24, 2.45) is 11.8 Å². The molecule has 2 aromatic heterocycles. The second kappa shape index (κ2) is 17.5. The topological polar surface area (TPSA) is 171 Å². The van der Waals surface area contributed by atoms with Crippen molar-refractivity contribution in [3.8, 4) is 11.5 Å². The highest BCUT2D eigenvalue weighted by Crippen LogP contribution is 2.34. The lowest BCUT2D eigenvalue weighted by Gasteiger charge is -2.34. The van der Waals surface area contributed by atoms with Gasteiger partial charge in [-0.15, -0.1) is 0 Å². The van der Waals surface area contributed by atoms with Gasteiger partial charge in [0, 0.05) is 48.8 Å². The summed E-state index contributed by atoms with van der Waals surface area (Å²) in [6, 6.07) is 11.5. The van der Waals surface area contributed by atoms with Crippen molar-refractivity contribution in [2.45, 2.75) is 38.3 Å². The third-order valence-corrected chi connectivity index (χ3v) is 9.99. The van der Waals surface area contributed by atoms with Crippen LogP contribution in [0.3, 0.4) is 0 Å². The maximum Gasteiger partial charge on any atom is 0.323 e. The van der Waals surface area contributed by atoms with E-state index in [4.69, 9.17) is 28.0 Å². The second-order valence-electron chi connectivity index (χ2n) is 12.4. The number of methoxy groups -OCH3 is 2. The van der Waals surface area contributed by atoms with Gasteiger partial charge < -0.3 is 39.0 Å². The number of hydrogen-bond donors (Lipinski definition) is 2. The van der Waals surface area contributed by atoms with Gasteiger partial charge in [0.15, 0.2) is 12.6 Å². The lowest BCUT2D eigenvalue weighted by Crippen LogP contribution is -2.39. The quantitative estimate of drug-likeness (QED) is 0.127. The highest BCUT2D eigenvalue weighted by molar-refractivity contribution is 7.33. The SMILES string of the molecule is COc1cccc2c(N3CCCC(COC(CO)O[PH](=O)OC(CO)OCC4CCCN(c5ncnc6c(OC)cccc56)C4)C3)ncnc12. The third-order valence-electron chi connectivity index (χ3n) is 9.08. The zero-order valence-electron chi connectivity index (χ0n) is 28.3. The zero-order valence-corrected chi connectivity index (χ0v) is 29.3. The average molecular weight is 713 g/mol.